The van der Waals surface area contributed by atoms with Gasteiger partial charge in [0.1, 0.15) is 0 Å². The Morgan fingerprint density at radius 3 is 2.40 bits per heavy atom. The Balaban J connectivity index is 2.51. The van der Waals surface area contributed by atoms with Gasteiger partial charge in [-0.2, -0.15) is 0 Å². The van der Waals surface area contributed by atoms with Gasteiger partial charge in [0.2, 0.25) is 5.92 Å². The molecular weight excluding hydrogens is 260 g/mol. The van der Waals surface area contributed by atoms with Gasteiger partial charge in [0, 0.05) is 26.0 Å². The molecule has 0 aromatic carbocycles. The molecule has 0 aromatic rings. The van der Waals surface area contributed by atoms with Gasteiger partial charge >= 0.3 is 0 Å². The Bertz CT molecular complexity index is 272. The van der Waals surface area contributed by atoms with Crippen molar-refractivity contribution in [1.29, 1.82) is 0 Å². The van der Waals surface area contributed by atoms with Crippen LogP contribution in [0.2, 0.25) is 0 Å². The minimum absolute atomic E-state index is 0.0512. The Morgan fingerprint density at radius 1 is 1.30 bits per heavy atom. The van der Waals surface area contributed by atoms with Crippen molar-refractivity contribution in [3.05, 3.63) is 0 Å². The normalized spacial score (nSPS) is 21.9. The van der Waals surface area contributed by atoms with E-state index in [1.165, 1.54) is 0 Å². The number of rotatable bonds is 8. The lowest BCUT2D eigenvalue weighted by Crippen LogP contribution is -2.41. The largest absolute Gasteiger partial charge is 0.379 e. The average Bonchev–Trinajstić information content (AvgIpc) is 2.40. The highest BCUT2D eigenvalue weighted by Crippen LogP contribution is 2.38. The van der Waals surface area contributed by atoms with E-state index in [1.54, 1.807) is 7.11 Å². The topological polar surface area (TPSA) is 21.3 Å². The van der Waals surface area contributed by atoms with Crippen LogP contribution in [0, 0.1) is 5.92 Å². The van der Waals surface area contributed by atoms with Crippen LogP contribution in [0.25, 0.3) is 0 Å². The molecule has 0 radical (unpaired) electrons. The van der Waals surface area contributed by atoms with Gasteiger partial charge in [-0.25, -0.2) is 8.78 Å². The molecule has 0 aromatic heterocycles. The van der Waals surface area contributed by atoms with E-state index < -0.39 is 5.92 Å². The summed E-state index contributed by atoms with van der Waals surface area (Å²) in [5.41, 5.74) is -0.134. The third-order valence-corrected chi connectivity index (χ3v) is 4.60. The van der Waals surface area contributed by atoms with E-state index in [0.29, 0.717) is 24.8 Å². The molecule has 0 heterocycles. The zero-order valence-electron chi connectivity index (χ0n) is 13.5. The van der Waals surface area contributed by atoms with E-state index in [9.17, 15) is 8.78 Å². The minimum atomic E-state index is -2.43. The average molecular weight is 291 g/mol. The monoisotopic (exact) mass is 291 g/mol. The van der Waals surface area contributed by atoms with Gasteiger partial charge in [-0.3, -0.25) is 0 Å². The summed E-state index contributed by atoms with van der Waals surface area (Å²) in [4.78, 5) is 0. The number of hydrogen-bond acceptors (Lipinski definition) is 2. The highest BCUT2D eigenvalue weighted by atomic mass is 19.3. The van der Waals surface area contributed by atoms with E-state index >= 15 is 0 Å². The van der Waals surface area contributed by atoms with E-state index in [1.807, 2.05) is 0 Å². The molecule has 1 N–H and O–H groups in total. The van der Waals surface area contributed by atoms with E-state index in [0.717, 1.165) is 25.8 Å². The van der Waals surface area contributed by atoms with Crippen molar-refractivity contribution in [1.82, 2.24) is 5.32 Å². The summed E-state index contributed by atoms with van der Waals surface area (Å²) >= 11 is 0. The van der Waals surface area contributed by atoms with Gasteiger partial charge in [0.25, 0.3) is 0 Å². The second kappa shape index (κ2) is 7.69. The quantitative estimate of drug-likeness (QED) is 0.716. The van der Waals surface area contributed by atoms with Crippen molar-refractivity contribution in [3.63, 3.8) is 0 Å². The van der Waals surface area contributed by atoms with Crippen LogP contribution in [-0.4, -0.2) is 31.2 Å². The molecule has 1 aliphatic rings. The van der Waals surface area contributed by atoms with E-state index in [2.05, 4.69) is 26.1 Å². The molecule has 1 fully saturated rings. The molecule has 1 aliphatic carbocycles. The summed E-state index contributed by atoms with van der Waals surface area (Å²) in [7, 11) is 1.73. The second-order valence-electron chi connectivity index (χ2n) is 6.76. The van der Waals surface area contributed by atoms with E-state index in [-0.39, 0.29) is 18.4 Å². The van der Waals surface area contributed by atoms with Crippen molar-refractivity contribution in [2.24, 2.45) is 5.92 Å². The maximum Gasteiger partial charge on any atom is 0.248 e. The lowest BCUT2D eigenvalue weighted by molar-refractivity contribution is -0.0515. The zero-order valence-corrected chi connectivity index (χ0v) is 13.5. The van der Waals surface area contributed by atoms with Crippen LogP contribution in [0.5, 0.6) is 0 Å². The fourth-order valence-corrected chi connectivity index (χ4v) is 2.90. The SMILES string of the molecule is CCCNC(CCC(C)(C)OC)C1CCC(F)(F)CC1. The number of methoxy groups -OCH3 is 1. The van der Waals surface area contributed by atoms with Gasteiger partial charge in [-0.1, -0.05) is 6.92 Å². The third-order valence-electron chi connectivity index (χ3n) is 4.60. The Kier molecular flexibility index (Phi) is 6.86. The summed E-state index contributed by atoms with van der Waals surface area (Å²) in [6.45, 7) is 7.26. The maximum atomic E-state index is 13.3. The summed E-state index contributed by atoms with van der Waals surface area (Å²) in [5.74, 6) is -2.05. The van der Waals surface area contributed by atoms with Crippen LogP contribution in [0.15, 0.2) is 0 Å². The van der Waals surface area contributed by atoms with Gasteiger partial charge in [0.15, 0.2) is 0 Å². The lowest BCUT2D eigenvalue weighted by atomic mass is 9.79. The Hall–Kier alpha value is -0.220. The molecule has 2 nitrogen and oxygen atoms in total. The highest BCUT2D eigenvalue weighted by Gasteiger charge is 2.37. The van der Waals surface area contributed by atoms with Gasteiger partial charge < -0.3 is 10.1 Å². The van der Waals surface area contributed by atoms with Crippen LogP contribution >= 0.6 is 0 Å². The first kappa shape index (κ1) is 17.8. The zero-order chi connectivity index (χ0) is 15.2. The summed E-state index contributed by atoms with van der Waals surface area (Å²) < 4.78 is 32.0. The summed E-state index contributed by atoms with van der Waals surface area (Å²) in [6.07, 6.45) is 4.41. The van der Waals surface area contributed by atoms with E-state index in [4.69, 9.17) is 4.74 Å². The molecule has 0 spiro atoms. The predicted octanol–water partition coefficient (Wildman–Crippen LogP) is 4.39. The third kappa shape index (κ3) is 6.04. The second-order valence-corrected chi connectivity index (χ2v) is 6.76. The number of halogens is 2. The predicted molar refractivity (Wildman–Crippen MR) is 79.3 cm³/mol. The van der Waals surface area contributed by atoms with Crippen LogP contribution in [0.3, 0.4) is 0 Å². The smallest absolute Gasteiger partial charge is 0.248 e. The van der Waals surface area contributed by atoms with Crippen molar-refractivity contribution < 1.29 is 13.5 Å². The van der Waals surface area contributed by atoms with Crippen molar-refractivity contribution in [2.75, 3.05) is 13.7 Å². The number of alkyl halides is 2. The van der Waals surface area contributed by atoms with Crippen molar-refractivity contribution in [2.45, 2.75) is 83.3 Å². The van der Waals surface area contributed by atoms with Crippen molar-refractivity contribution >= 4 is 0 Å². The van der Waals surface area contributed by atoms with Gasteiger partial charge in [-0.15, -0.1) is 0 Å². The van der Waals surface area contributed by atoms with Crippen LogP contribution in [0.1, 0.15) is 65.7 Å². The number of hydrogen-bond donors (Lipinski definition) is 1. The standard InChI is InChI=1S/C16H31F2NO/c1-5-12-19-14(8-9-15(2,3)20-4)13-6-10-16(17,18)11-7-13/h13-14,19H,5-12H2,1-4H3. The molecule has 1 unspecified atom stereocenters. The van der Waals surface area contributed by atoms with Gasteiger partial charge in [0.05, 0.1) is 5.60 Å². The molecule has 4 heteroatoms. The fourth-order valence-electron chi connectivity index (χ4n) is 2.90. The molecule has 1 atom stereocenters. The maximum absolute atomic E-state index is 13.3. The lowest BCUT2D eigenvalue weighted by Gasteiger charge is -2.36. The first-order chi connectivity index (χ1) is 9.29. The molecule has 0 aliphatic heterocycles. The molecule has 120 valence electrons. The molecular formula is C16H31F2NO. The fraction of sp³-hybridized carbons (Fsp3) is 1.00. The molecule has 0 saturated heterocycles. The molecule has 1 rings (SSSR count). The highest BCUT2D eigenvalue weighted by molar-refractivity contribution is 4.86. The Labute approximate surface area is 122 Å². The Morgan fingerprint density at radius 2 is 1.90 bits per heavy atom. The first-order valence-corrected chi connectivity index (χ1v) is 7.96. The molecule has 0 bridgehead atoms. The number of ether oxygens (including phenoxy) is 1. The molecule has 20 heavy (non-hydrogen) atoms. The number of nitrogens with one attached hydrogen (secondary N) is 1. The van der Waals surface area contributed by atoms with Crippen LogP contribution in [-0.2, 0) is 4.74 Å². The van der Waals surface area contributed by atoms with Crippen LogP contribution < -0.4 is 5.32 Å². The molecule has 0 amide bonds. The minimum Gasteiger partial charge on any atom is -0.379 e. The first-order valence-electron chi connectivity index (χ1n) is 7.96. The van der Waals surface area contributed by atoms with Crippen molar-refractivity contribution in [3.8, 4) is 0 Å². The van der Waals surface area contributed by atoms with Gasteiger partial charge in [-0.05, 0) is 58.4 Å². The summed E-state index contributed by atoms with van der Waals surface area (Å²) in [6, 6.07) is 0.348. The molecule has 1 saturated carbocycles. The summed E-state index contributed by atoms with van der Waals surface area (Å²) in [5, 5.41) is 3.56. The van der Waals surface area contributed by atoms with Crippen LogP contribution in [0.4, 0.5) is 8.78 Å².